The molecule has 7 heteroatoms. The molecule has 0 atom stereocenters. The van der Waals surface area contributed by atoms with Gasteiger partial charge in [0, 0.05) is 30.8 Å². The summed E-state index contributed by atoms with van der Waals surface area (Å²) in [5, 5.41) is 4.05. The van der Waals surface area contributed by atoms with Crippen LogP contribution < -0.4 is 5.32 Å². The van der Waals surface area contributed by atoms with E-state index in [1.54, 1.807) is 12.1 Å². The minimum Gasteiger partial charge on any atom is -0.356 e. The number of benzene rings is 1. The van der Waals surface area contributed by atoms with Gasteiger partial charge in [-0.05, 0) is 51.2 Å². The molecular formula is C22H25N3O3S. The Morgan fingerprint density at radius 2 is 1.97 bits per heavy atom. The first kappa shape index (κ1) is 19.8. The second-order valence-corrected chi connectivity index (χ2v) is 8.87. The molecule has 1 aromatic heterocycles. The lowest BCUT2D eigenvalue weighted by Crippen LogP contribution is -2.34. The van der Waals surface area contributed by atoms with E-state index in [2.05, 4.69) is 5.32 Å². The number of fused-ring (bicyclic) bond motifs is 2. The summed E-state index contributed by atoms with van der Waals surface area (Å²) in [7, 11) is 0. The zero-order chi connectivity index (χ0) is 20.4. The molecule has 4 rings (SSSR count). The Labute approximate surface area is 174 Å². The first-order valence-electron chi connectivity index (χ1n) is 10.2. The highest BCUT2D eigenvalue weighted by molar-refractivity contribution is 7.11. The Morgan fingerprint density at radius 1 is 1.17 bits per heavy atom. The van der Waals surface area contributed by atoms with Crippen LogP contribution in [0.25, 0.3) is 0 Å². The van der Waals surface area contributed by atoms with Gasteiger partial charge in [0.15, 0.2) is 0 Å². The number of aromatic nitrogens is 1. The van der Waals surface area contributed by atoms with Crippen molar-refractivity contribution in [2.75, 3.05) is 13.1 Å². The molecule has 0 spiro atoms. The topological polar surface area (TPSA) is 79.4 Å². The second-order valence-electron chi connectivity index (χ2n) is 7.70. The SMILES string of the molecule is Cc1ccc2c(c1)C(=O)N(CCC(=O)NCCCc1nc3c(s1)CCCC3)C2=O. The predicted octanol–water partition coefficient (Wildman–Crippen LogP) is 3.07. The van der Waals surface area contributed by atoms with Crippen molar-refractivity contribution < 1.29 is 14.4 Å². The monoisotopic (exact) mass is 411 g/mol. The lowest BCUT2D eigenvalue weighted by Gasteiger charge is -2.13. The number of hydrogen-bond acceptors (Lipinski definition) is 5. The number of aryl methyl sites for hydroxylation is 4. The molecule has 2 heterocycles. The number of imide groups is 1. The van der Waals surface area contributed by atoms with Gasteiger partial charge in [-0.3, -0.25) is 19.3 Å². The lowest BCUT2D eigenvalue weighted by molar-refractivity contribution is -0.121. The molecule has 6 nitrogen and oxygen atoms in total. The van der Waals surface area contributed by atoms with Gasteiger partial charge in [-0.1, -0.05) is 11.6 Å². The van der Waals surface area contributed by atoms with E-state index in [1.165, 1.54) is 28.3 Å². The van der Waals surface area contributed by atoms with Crippen LogP contribution in [0, 0.1) is 6.92 Å². The Morgan fingerprint density at radius 3 is 2.79 bits per heavy atom. The van der Waals surface area contributed by atoms with E-state index in [4.69, 9.17) is 4.98 Å². The van der Waals surface area contributed by atoms with Crippen LogP contribution in [0.4, 0.5) is 0 Å². The normalized spacial score (nSPS) is 15.4. The van der Waals surface area contributed by atoms with Gasteiger partial charge in [-0.15, -0.1) is 11.3 Å². The molecule has 0 fully saturated rings. The minimum absolute atomic E-state index is 0.108. The van der Waals surface area contributed by atoms with E-state index >= 15 is 0 Å². The average Bonchev–Trinajstić information content (AvgIpc) is 3.23. The molecule has 2 aliphatic rings. The van der Waals surface area contributed by atoms with Crippen molar-refractivity contribution in [3.8, 4) is 0 Å². The summed E-state index contributed by atoms with van der Waals surface area (Å²) < 4.78 is 0. The Bertz CT molecular complexity index is 943. The van der Waals surface area contributed by atoms with Crippen molar-refractivity contribution in [1.29, 1.82) is 0 Å². The van der Waals surface area contributed by atoms with Gasteiger partial charge in [-0.2, -0.15) is 0 Å². The summed E-state index contributed by atoms with van der Waals surface area (Å²) in [4.78, 5) is 44.3. The number of amides is 3. The molecule has 0 saturated carbocycles. The largest absolute Gasteiger partial charge is 0.356 e. The molecule has 3 amide bonds. The van der Waals surface area contributed by atoms with Crippen LogP contribution in [-0.4, -0.2) is 40.7 Å². The fourth-order valence-electron chi connectivity index (χ4n) is 3.89. The smallest absolute Gasteiger partial charge is 0.261 e. The highest BCUT2D eigenvalue weighted by Crippen LogP contribution is 2.27. The number of carbonyl (C=O) groups is 3. The van der Waals surface area contributed by atoms with Gasteiger partial charge in [0.25, 0.3) is 11.8 Å². The molecule has 0 saturated heterocycles. The summed E-state index contributed by atoms with van der Waals surface area (Å²) in [6.45, 7) is 2.57. The first-order chi connectivity index (χ1) is 14.0. The van der Waals surface area contributed by atoms with Gasteiger partial charge in [0.2, 0.25) is 5.91 Å². The summed E-state index contributed by atoms with van der Waals surface area (Å²) in [5.74, 6) is -0.768. The van der Waals surface area contributed by atoms with E-state index in [1.807, 2.05) is 24.3 Å². The van der Waals surface area contributed by atoms with E-state index < -0.39 is 0 Å². The van der Waals surface area contributed by atoms with Gasteiger partial charge in [0.05, 0.1) is 21.8 Å². The van der Waals surface area contributed by atoms with Gasteiger partial charge in [0.1, 0.15) is 0 Å². The first-order valence-corrected chi connectivity index (χ1v) is 11.1. The van der Waals surface area contributed by atoms with E-state index in [0.717, 1.165) is 36.3 Å². The van der Waals surface area contributed by atoms with E-state index in [9.17, 15) is 14.4 Å². The van der Waals surface area contributed by atoms with Crippen LogP contribution in [0.1, 0.15) is 67.5 Å². The minimum atomic E-state index is -0.314. The molecule has 0 radical (unpaired) electrons. The van der Waals surface area contributed by atoms with Crippen molar-refractivity contribution in [2.45, 2.75) is 51.9 Å². The zero-order valence-corrected chi connectivity index (χ0v) is 17.4. The third-order valence-electron chi connectivity index (χ3n) is 5.47. The van der Waals surface area contributed by atoms with Crippen LogP contribution >= 0.6 is 11.3 Å². The maximum absolute atomic E-state index is 12.4. The maximum Gasteiger partial charge on any atom is 0.261 e. The van der Waals surface area contributed by atoms with Crippen LogP contribution in [0.3, 0.4) is 0 Å². The van der Waals surface area contributed by atoms with Gasteiger partial charge < -0.3 is 5.32 Å². The molecule has 1 aliphatic carbocycles. The van der Waals surface area contributed by atoms with Crippen molar-refractivity contribution in [2.24, 2.45) is 0 Å². The molecule has 0 bridgehead atoms. The number of rotatable bonds is 7. The summed E-state index contributed by atoms with van der Waals surface area (Å²) in [6.07, 6.45) is 6.58. The number of nitrogens with zero attached hydrogens (tertiary/aromatic N) is 2. The predicted molar refractivity (Wildman–Crippen MR) is 111 cm³/mol. The van der Waals surface area contributed by atoms with E-state index in [-0.39, 0.29) is 30.7 Å². The summed E-state index contributed by atoms with van der Waals surface area (Å²) in [5.41, 5.74) is 3.07. The number of nitrogens with one attached hydrogen (secondary N) is 1. The van der Waals surface area contributed by atoms with Crippen LogP contribution in [-0.2, 0) is 24.1 Å². The number of carbonyl (C=O) groups excluding carboxylic acids is 3. The highest BCUT2D eigenvalue weighted by Gasteiger charge is 2.35. The van der Waals surface area contributed by atoms with Crippen molar-refractivity contribution in [3.05, 3.63) is 50.5 Å². The fourth-order valence-corrected chi connectivity index (χ4v) is 5.09. The maximum atomic E-state index is 12.4. The van der Waals surface area contributed by atoms with Crippen LogP contribution in [0.2, 0.25) is 0 Å². The Balaban J connectivity index is 1.20. The number of thiazole rings is 1. The molecular weight excluding hydrogens is 386 g/mol. The standard InChI is InChI=1S/C22H25N3O3S/c1-14-8-9-15-16(13-14)22(28)25(21(15)27)12-10-19(26)23-11-4-7-20-24-17-5-2-3-6-18(17)29-20/h8-9,13H,2-7,10-12H2,1H3,(H,23,26). The summed E-state index contributed by atoms with van der Waals surface area (Å²) in [6, 6.07) is 5.23. The van der Waals surface area contributed by atoms with Gasteiger partial charge in [-0.25, -0.2) is 4.98 Å². The fraction of sp³-hybridized carbons (Fsp3) is 0.455. The molecule has 1 aromatic carbocycles. The quantitative estimate of drug-likeness (QED) is 0.561. The number of hydrogen-bond donors (Lipinski definition) is 1. The molecule has 152 valence electrons. The second kappa shape index (κ2) is 8.45. The summed E-state index contributed by atoms with van der Waals surface area (Å²) >= 11 is 1.81. The van der Waals surface area contributed by atoms with Crippen molar-refractivity contribution >= 4 is 29.1 Å². The molecule has 0 unspecified atom stereocenters. The molecule has 29 heavy (non-hydrogen) atoms. The molecule has 2 aromatic rings. The van der Waals surface area contributed by atoms with E-state index in [0.29, 0.717) is 17.7 Å². The average molecular weight is 412 g/mol. The van der Waals surface area contributed by atoms with Crippen LogP contribution in [0.5, 0.6) is 0 Å². The van der Waals surface area contributed by atoms with Crippen molar-refractivity contribution in [3.63, 3.8) is 0 Å². The lowest BCUT2D eigenvalue weighted by atomic mass is 10.0. The van der Waals surface area contributed by atoms with Crippen molar-refractivity contribution in [1.82, 2.24) is 15.2 Å². The highest BCUT2D eigenvalue weighted by atomic mass is 32.1. The third-order valence-corrected chi connectivity index (χ3v) is 6.69. The van der Waals surface area contributed by atoms with Gasteiger partial charge >= 0.3 is 0 Å². The van der Waals surface area contributed by atoms with Crippen LogP contribution in [0.15, 0.2) is 18.2 Å². The Kier molecular flexibility index (Phi) is 5.76. The molecule has 1 N–H and O–H groups in total. The Hall–Kier alpha value is -2.54. The third kappa shape index (κ3) is 4.24. The zero-order valence-electron chi connectivity index (χ0n) is 16.6. The molecule has 1 aliphatic heterocycles.